The van der Waals surface area contributed by atoms with Crippen molar-refractivity contribution in [2.24, 2.45) is 0 Å². The molecule has 0 radical (unpaired) electrons. The second-order valence-corrected chi connectivity index (χ2v) is 6.10. The van der Waals surface area contributed by atoms with Crippen LogP contribution >= 0.6 is 11.6 Å². The Kier molecular flexibility index (Phi) is 3.13. The molecule has 0 N–H and O–H groups in total. The molecule has 0 aliphatic rings. The van der Waals surface area contributed by atoms with Crippen LogP contribution in [0.5, 0.6) is 0 Å². The van der Waals surface area contributed by atoms with Crippen molar-refractivity contribution in [2.45, 2.75) is 6.92 Å². The van der Waals surface area contributed by atoms with Gasteiger partial charge in [-0.1, -0.05) is 66.2 Å². The molecule has 22 heavy (non-hydrogen) atoms. The lowest BCUT2D eigenvalue weighted by molar-refractivity contribution is 1.49. The van der Waals surface area contributed by atoms with Gasteiger partial charge in [-0.2, -0.15) is 0 Å². The van der Waals surface area contributed by atoms with E-state index in [4.69, 9.17) is 11.6 Å². The van der Waals surface area contributed by atoms with Gasteiger partial charge in [-0.3, -0.25) is 0 Å². The van der Waals surface area contributed by atoms with Crippen LogP contribution in [-0.2, 0) is 0 Å². The van der Waals surface area contributed by atoms with Gasteiger partial charge in [0.25, 0.3) is 0 Å². The third-order valence-electron chi connectivity index (χ3n) is 4.22. The lowest BCUT2D eigenvalue weighted by atomic mass is 9.94. The molecule has 4 aromatic rings. The highest BCUT2D eigenvalue weighted by atomic mass is 35.5. The topological polar surface area (TPSA) is 0 Å². The molecule has 0 aliphatic heterocycles. The van der Waals surface area contributed by atoms with E-state index >= 15 is 0 Å². The molecule has 4 rings (SSSR count). The summed E-state index contributed by atoms with van der Waals surface area (Å²) in [4.78, 5) is 0. The molecule has 0 unspecified atom stereocenters. The molecule has 106 valence electrons. The number of benzene rings is 4. The van der Waals surface area contributed by atoms with Crippen molar-refractivity contribution in [2.75, 3.05) is 0 Å². The van der Waals surface area contributed by atoms with E-state index in [2.05, 4.69) is 73.7 Å². The molecular formula is C21H15Cl. The van der Waals surface area contributed by atoms with E-state index < -0.39 is 0 Å². The average molecular weight is 303 g/mol. The highest BCUT2D eigenvalue weighted by Gasteiger charge is 2.09. The molecule has 0 amide bonds. The van der Waals surface area contributed by atoms with Crippen LogP contribution < -0.4 is 0 Å². The first kappa shape index (κ1) is 13.4. The zero-order valence-electron chi connectivity index (χ0n) is 12.3. The van der Waals surface area contributed by atoms with Gasteiger partial charge in [-0.25, -0.2) is 0 Å². The predicted molar refractivity (Wildman–Crippen MR) is 96.6 cm³/mol. The normalized spacial score (nSPS) is 11.2. The molecule has 0 bridgehead atoms. The van der Waals surface area contributed by atoms with Crippen molar-refractivity contribution >= 4 is 33.1 Å². The molecule has 0 aromatic heterocycles. The van der Waals surface area contributed by atoms with Crippen LogP contribution in [-0.4, -0.2) is 0 Å². The molecule has 0 heterocycles. The van der Waals surface area contributed by atoms with Gasteiger partial charge >= 0.3 is 0 Å². The van der Waals surface area contributed by atoms with E-state index in [1.54, 1.807) is 0 Å². The van der Waals surface area contributed by atoms with Gasteiger partial charge in [0.05, 0.1) is 0 Å². The van der Waals surface area contributed by atoms with Crippen LogP contribution in [0, 0.1) is 6.92 Å². The van der Waals surface area contributed by atoms with Crippen LogP contribution in [0.25, 0.3) is 32.7 Å². The number of fused-ring (bicyclic) bond motifs is 2. The third kappa shape index (κ3) is 2.17. The maximum absolute atomic E-state index is 6.56. The molecule has 0 saturated carbocycles. The minimum Gasteiger partial charge on any atom is -0.0836 e. The molecule has 0 spiro atoms. The lowest BCUT2D eigenvalue weighted by Gasteiger charge is -2.12. The fourth-order valence-electron chi connectivity index (χ4n) is 3.06. The Bertz CT molecular complexity index is 916. The molecule has 0 atom stereocenters. The number of rotatable bonds is 1. The Morgan fingerprint density at radius 1 is 0.591 bits per heavy atom. The smallest absolute Gasteiger partial charge is 0.0490 e. The van der Waals surface area contributed by atoms with E-state index in [9.17, 15) is 0 Å². The Morgan fingerprint density at radius 3 is 1.64 bits per heavy atom. The summed E-state index contributed by atoms with van der Waals surface area (Å²) in [6.07, 6.45) is 0. The van der Waals surface area contributed by atoms with Crippen molar-refractivity contribution in [3.05, 3.63) is 83.4 Å². The largest absolute Gasteiger partial charge is 0.0836 e. The fourth-order valence-corrected chi connectivity index (χ4v) is 3.34. The Morgan fingerprint density at radius 2 is 1.05 bits per heavy atom. The Hall–Kier alpha value is -2.31. The Labute approximate surface area is 135 Å². The van der Waals surface area contributed by atoms with Crippen LogP contribution in [0.4, 0.5) is 0 Å². The van der Waals surface area contributed by atoms with Crippen molar-refractivity contribution in [3.8, 4) is 11.1 Å². The van der Waals surface area contributed by atoms with Crippen molar-refractivity contribution < 1.29 is 0 Å². The average Bonchev–Trinajstić information content (AvgIpc) is 2.54. The summed E-state index contributed by atoms with van der Waals surface area (Å²) < 4.78 is 0. The predicted octanol–water partition coefficient (Wildman–Crippen LogP) is 6.62. The highest BCUT2D eigenvalue weighted by molar-refractivity contribution is 6.34. The number of aryl methyl sites for hydroxylation is 1. The van der Waals surface area contributed by atoms with Gasteiger partial charge in [0.15, 0.2) is 0 Å². The second kappa shape index (κ2) is 5.15. The van der Waals surface area contributed by atoms with Crippen molar-refractivity contribution in [3.63, 3.8) is 0 Å². The number of hydrogen-bond donors (Lipinski definition) is 0. The van der Waals surface area contributed by atoms with Crippen molar-refractivity contribution in [1.82, 2.24) is 0 Å². The molecule has 4 aromatic carbocycles. The minimum atomic E-state index is 0.803. The molecule has 0 fully saturated rings. The van der Waals surface area contributed by atoms with Gasteiger partial charge < -0.3 is 0 Å². The van der Waals surface area contributed by atoms with Gasteiger partial charge in [-0.05, 0) is 57.8 Å². The monoisotopic (exact) mass is 302 g/mol. The van der Waals surface area contributed by atoms with Crippen LogP contribution in [0.2, 0.25) is 5.02 Å². The second-order valence-electron chi connectivity index (χ2n) is 5.69. The molecule has 0 nitrogen and oxygen atoms in total. The first-order valence-electron chi connectivity index (χ1n) is 7.40. The van der Waals surface area contributed by atoms with E-state index in [1.807, 2.05) is 6.07 Å². The minimum absolute atomic E-state index is 0.803. The maximum atomic E-state index is 6.56. The van der Waals surface area contributed by atoms with E-state index in [0.717, 1.165) is 10.6 Å². The zero-order chi connectivity index (χ0) is 15.1. The first-order chi connectivity index (χ1) is 10.7. The molecule has 1 heteroatoms. The summed E-state index contributed by atoms with van der Waals surface area (Å²) in [6, 6.07) is 25.5. The van der Waals surface area contributed by atoms with Crippen LogP contribution in [0.15, 0.2) is 72.8 Å². The van der Waals surface area contributed by atoms with Crippen LogP contribution in [0.1, 0.15) is 5.56 Å². The number of halogens is 1. The molecule has 0 aliphatic carbocycles. The highest BCUT2D eigenvalue weighted by Crippen LogP contribution is 2.35. The summed E-state index contributed by atoms with van der Waals surface area (Å²) in [5, 5.41) is 5.70. The van der Waals surface area contributed by atoms with Gasteiger partial charge in [-0.15, -0.1) is 0 Å². The first-order valence-corrected chi connectivity index (χ1v) is 7.78. The van der Waals surface area contributed by atoms with E-state index in [1.165, 1.54) is 32.7 Å². The SMILES string of the molecule is Cc1cc2ccccc2cc1-c1cc2ccccc2cc1Cl. The number of hydrogen-bond acceptors (Lipinski definition) is 0. The summed E-state index contributed by atoms with van der Waals surface area (Å²) >= 11 is 6.56. The van der Waals surface area contributed by atoms with Crippen LogP contribution in [0.3, 0.4) is 0 Å². The standard InChI is InChI=1S/C21H15Cl/c1-14-10-15-6-2-3-7-16(15)11-19(14)20-12-17-8-4-5-9-18(17)13-21(20)22/h2-13H,1H3. The quantitative estimate of drug-likeness (QED) is 0.370. The zero-order valence-corrected chi connectivity index (χ0v) is 13.1. The summed E-state index contributed by atoms with van der Waals surface area (Å²) in [7, 11) is 0. The summed E-state index contributed by atoms with van der Waals surface area (Å²) in [5.41, 5.74) is 3.55. The summed E-state index contributed by atoms with van der Waals surface area (Å²) in [6.45, 7) is 2.15. The van der Waals surface area contributed by atoms with Gasteiger partial charge in [0.2, 0.25) is 0 Å². The summed E-state index contributed by atoms with van der Waals surface area (Å²) in [5.74, 6) is 0. The Balaban J connectivity index is 2.02. The van der Waals surface area contributed by atoms with Gasteiger partial charge in [0, 0.05) is 10.6 Å². The fraction of sp³-hybridized carbons (Fsp3) is 0.0476. The van der Waals surface area contributed by atoms with Gasteiger partial charge in [0.1, 0.15) is 0 Å². The maximum Gasteiger partial charge on any atom is 0.0490 e. The molecular weight excluding hydrogens is 288 g/mol. The van der Waals surface area contributed by atoms with E-state index in [0.29, 0.717) is 0 Å². The van der Waals surface area contributed by atoms with E-state index in [-0.39, 0.29) is 0 Å². The molecule has 0 saturated heterocycles. The van der Waals surface area contributed by atoms with Crippen molar-refractivity contribution in [1.29, 1.82) is 0 Å². The third-order valence-corrected chi connectivity index (χ3v) is 4.53. The lowest BCUT2D eigenvalue weighted by Crippen LogP contribution is -1.87.